The molecule has 4 rings (SSSR count). The quantitative estimate of drug-likeness (QED) is 0.0985. The lowest BCUT2D eigenvalue weighted by Gasteiger charge is -2.29. The monoisotopic (exact) mass is 592 g/mol. The van der Waals surface area contributed by atoms with Crippen LogP contribution < -0.4 is 14.2 Å². The van der Waals surface area contributed by atoms with Crippen LogP contribution in [-0.2, 0) is 5.41 Å². The van der Waals surface area contributed by atoms with Gasteiger partial charge in [-0.2, -0.15) is 0 Å². The molecule has 0 saturated carbocycles. The van der Waals surface area contributed by atoms with Gasteiger partial charge in [-0.1, -0.05) is 58.9 Å². The summed E-state index contributed by atoms with van der Waals surface area (Å²) in [6.45, 7) is 18.5. The lowest BCUT2D eigenvalue weighted by atomic mass is 9.77. The van der Waals surface area contributed by atoms with Crippen LogP contribution in [0.2, 0.25) is 0 Å². The molecule has 0 saturated heterocycles. The Labute approximate surface area is 262 Å². The van der Waals surface area contributed by atoms with Gasteiger partial charge >= 0.3 is 5.97 Å². The van der Waals surface area contributed by atoms with E-state index in [0.717, 1.165) is 28.9 Å². The zero-order valence-electron chi connectivity index (χ0n) is 27.4. The van der Waals surface area contributed by atoms with Gasteiger partial charge in [0, 0.05) is 16.9 Å². The van der Waals surface area contributed by atoms with Crippen molar-refractivity contribution < 1.29 is 23.8 Å². The van der Waals surface area contributed by atoms with E-state index in [-0.39, 0.29) is 22.7 Å². The largest absolute Gasteiger partial charge is 0.488 e. The summed E-state index contributed by atoms with van der Waals surface area (Å²) in [5.74, 6) is 2.21. The third-order valence-electron chi connectivity index (χ3n) is 8.22. The Hall–Kier alpha value is -4.38. The van der Waals surface area contributed by atoms with Gasteiger partial charge in [0.1, 0.15) is 28.6 Å². The Balaban J connectivity index is 1.42. The standard InChI is InChI=1S/C39H44O5/c1-10-38(6,7)44-35-22-16-31(24-27(35)5)39(8,9)30-15-21-34(26(4)23-30)43-37(41)29-13-19-33(20-14-29)42-32-17-11-28(12-18-32)36(40)25(2)3/h11-25H,10H2,1-9H3. The number of Topliss-reactive ketones (excluding diaryl/α,β-unsaturated/α-hetero) is 1. The molecule has 0 amide bonds. The van der Waals surface area contributed by atoms with Gasteiger partial charge in [0.15, 0.2) is 5.78 Å². The van der Waals surface area contributed by atoms with E-state index in [1.807, 2.05) is 32.9 Å². The van der Waals surface area contributed by atoms with Crippen LogP contribution in [0.3, 0.4) is 0 Å². The molecule has 4 aromatic rings. The molecule has 0 aliphatic carbocycles. The van der Waals surface area contributed by atoms with E-state index in [0.29, 0.717) is 28.4 Å². The first-order valence-electron chi connectivity index (χ1n) is 15.3. The van der Waals surface area contributed by atoms with E-state index in [2.05, 4.69) is 65.8 Å². The van der Waals surface area contributed by atoms with Crippen molar-refractivity contribution in [2.45, 2.75) is 79.8 Å². The van der Waals surface area contributed by atoms with Crippen molar-refractivity contribution in [2.75, 3.05) is 0 Å². The molecule has 0 radical (unpaired) electrons. The van der Waals surface area contributed by atoms with E-state index in [4.69, 9.17) is 14.2 Å². The van der Waals surface area contributed by atoms with Crippen LogP contribution in [0.15, 0.2) is 84.9 Å². The van der Waals surface area contributed by atoms with E-state index >= 15 is 0 Å². The summed E-state index contributed by atoms with van der Waals surface area (Å²) in [4.78, 5) is 25.1. The predicted octanol–water partition coefficient (Wildman–Crippen LogP) is 10.0. The van der Waals surface area contributed by atoms with Gasteiger partial charge in [0.25, 0.3) is 0 Å². The van der Waals surface area contributed by atoms with Crippen molar-refractivity contribution in [1.82, 2.24) is 0 Å². The van der Waals surface area contributed by atoms with Gasteiger partial charge in [0.2, 0.25) is 0 Å². The Kier molecular flexibility index (Phi) is 9.68. The lowest BCUT2D eigenvalue weighted by molar-refractivity contribution is 0.0733. The SMILES string of the molecule is CCC(C)(C)Oc1ccc(C(C)(C)c2ccc(OC(=O)c3ccc(Oc4ccc(C(=O)C(C)C)cc4)cc3)c(C)c2)cc1C. The van der Waals surface area contributed by atoms with Crippen molar-refractivity contribution in [3.8, 4) is 23.0 Å². The predicted molar refractivity (Wildman–Crippen MR) is 177 cm³/mol. The summed E-state index contributed by atoms with van der Waals surface area (Å²) in [6, 6.07) is 26.2. The smallest absolute Gasteiger partial charge is 0.343 e. The fourth-order valence-corrected chi connectivity index (χ4v) is 4.82. The molecule has 0 unspecified atom stereocenters. The summed E-state index contributed by atoms with van der Waals surface area (Å²) >= 11 is 0. The second kappa shape index (κ2) is 13.1. The van der Waals surface area contributed by atoms with Gasteiger partial charge in [-0.15, -0.1) is 0 Å². The fourth-order valence-electron chi connectivity index (χ4n) is 4.82. The summed E-state index contributed by atoms with van der Waals surface area (Å²) < 4.78 is 17.9. The minimum Gasteiger partial charge on any atom is -0.488 e. The van der Waals surface area contributed by atoms with E-state index < -0.39 is 5.97 Å². The number of rotatable bonds is 11. The maximum Gasteiger partial charge on any atom is 0.343 e. The third kappa shape index (κ3) is 7.57. The highest BCUT2D eigenvalue weighted by Crippen LogP contribution is 2.37. The van der Waals surface area contributed by atoms with Gasteiger partial charge in [-0.05, 0) is 117 Å². The molecular formula is C39H44O5. The molecule has 4 aromatic carbocycles. The first kappa shape index (κ1) is 32.5. The number of carbonyl (C=O) groups excluding carboxylic acids is 2. The maximum absolute atomic E-state index is 13.0. The Morgan fingerprint density at radius 3 is 1.61 bits per heavy atom. The van der Waals surface area contributed by atoms with Gasteiger partial charge in [-0.25, -0.2) is 4.79 Å². The molecule has 0 bridgehead atoms. The van der Waals surface area contributed by atoms with Crippen LogP contribution in [0.25, 0.3) is 0 Å². The van der Waals surface area contributed by atoms with Crippen LogP contribution in [0.1, 0.15) is 97.9 Å². The van der Waals surface area contributed by atoms with Gasteiger partial charge in [0.05, 0.1) is 5.56 Å². The van der Waals surface area contributed by atoms with Crippen molar-refractivity contribution in [3.05, 3.63) is 118 Å². The van der Waals surface area contributed by atoms with E-state index in [1.54, 1.807) is 48.5 Å². The van der Waals surface area contributed by atoms with Crippen molar-refractivity contribution in [2.24, 2.45) is 5.92 Å². The van der Waals surface area contributed by atoms with Crippen LogP contribution in [0.4, 0.5) is 0 Å². The number of esters is 1. The second-order valence-electron chi connectivity index (χ2n) is 12.9. The highest BCUT2D eigenvalue weighted by atomic mass is 16.5. The number of hydrogen-bond acceptors (Lipinski definition) is 5. The third-order valence-corrected chi connectivity index (χ3v) is 8.22. The average molecular weight is 593 g/mol. The van der Waals surface area contributed by atoms with Gasteiger partial charge in [-0.3, -0.25) is 4.79 Å². The Morgan fingerprint density at radius 1 is 0.682 bits per heavy atom. The number of benzene rings is 4. The number of aryl methyl sites for hydroxylation is 2. The summed E-state index contributed by atoms with van der Waals surface area (Å²) in [5, 5.41) is 0. The molecule has 0 N–H and O–H groups in total. The Morgan fingerprint density at radius 2 is 1.16 bits per heavy atom. The molecule has 0 atom stereocenters. The number of ketones is 1. The molecule has 230 valence electrons. The number of carbonyl (C=O) groups is 2. The topological polar surface area (TPSA) is 61.8 Å². The zero-order chi connectivity index (χ0) is 32.2. The molecule has 0 aromatic heterocycles. The zero-order valence-corrected chi connectivity index (χ0v) is 27.4. The molecular weight excluding hydrogens is 548 g/mol. The number of ether oxygens (including phenoxy) is 3. The Bertz CT molecular complexity index is 1630. The minimum absolute atomic E-state index is 0.0610. The van der Waals surface area contributed by atoms with Crippen molar-refractivity contribution in [3.63, 3.8) is 0 Å². The van der Waals surface area contributed by atoms with Crippen LogP contribution >= 0.6 is 0 Å². The first-order valence-corrected chi connectivity index (χ1v) is 15.3. The van der Waals surface area contributed by atoms with Crippen molar-refractivity contribution >= 4 is 11.8 Å². The molecule has 5 heteroatoms. The lowest BCUT2D eigenvalue weighted by Crippen LogP contribution is -2.27. The highest BCUT2D eigenvalue weighted by molar-refractivity contribution is 5.97. The summed E-state index contributed by atoms with van der Waals surface area (Å²) in [6.07, 6.45) is 0.925. The van der Waals surface area contributed by atoms with E-state index in [9.17, 15) is 9.59 Å². The molecule has 5 nitrogen and oxygen atoms in total. The summed E-state index contributed by atoms with van der Waals surface area (Å²) in [5.41, 5.74) is 4.88. The fraction of sp³-hybridized carbons (Fsp3) is 0.333. The maximum atomic E-state index is 13.0. The number of hydrogen-bond donors (Lipinski definition) is 0. The van der Waals surface area contributed by atoms with Crippen LogP contribution in [-0.4, -0.2) is 17.4 Å². The molecule has 0 fully saturated rings. The van der Waals surface area contributed by atoms with Crippen molar-refractivity contribution in [1.29, 1.82) is 0 Å². The first-order chi connectivity index (χ1) is 20.7. The van der Waals surface area contributed by atoms with E-state index in [1.165, 1.54) is 5.56 Å². The molecule has 0 heterocycles. The molecule has 0 aliphatic heterocycles. The average Bonchev–Trinajstić information content (AvgIpc) is 2.99. The summed E-state index contributed by atoms with van der Waals surface area (Å²) in [7, 11) is 0. The molecule has 0 aliphatic rings. The van der Waals surface area contributed by atoms with Gasteiger partial charge < -0.3 is 14.2 Å². The highest BCUT2D eigenvalue weighted by Gasteiger charge is 2.26. The van der Waals surface area contributed by atoms with Crippen LogP contribution in [0, 0.1) is 19.8 Å². The second-order valence-corrected chi connectivity index (χ2v) is 12.9. The molecule has 0 spiro atoms. The molecule has 44 heavy (non-hydrogen) atoms. The van der Waals surface area contributed by atoms with Crippen LogP contribution in [0.5, 0.6) is 23.0 Å². The normalized spacial score (nSPS) is 11.8. The minimum atomic E-state index is -0.440.